The molecule has 0 N–H and O–H groups in total. The summed E-state index contributed by atoms with van der Waals surface area (Å²) in [6, 6.07) is 10.1. The van der Waals surface area contributed by atoms with E-state index in [1.165, 1.54) is 0 Å². The third kappa shape index (κ3) is 8.82. The van der Waals surface area contributed by atoms with Crippen LogP contribution in [0.2, 0.25) is 0 Å². The van der Waals surface area contributed by atoms with E-state index in [2.05, 4.69) is 18.7 Å². The van der Waals surface area contributed by atoms with Crippen molar-refractivity contribution in [2.75, 3.05) is 19.7 Å². The highest BCUT2D eigenvalue weighted by Crippen LogP contribution is 2.35. The Balaban J connectivity index is 2.94. The number of thioether (sulfide) groups is 1. The normalized spacial score (nSPS) is 14.3. The quantitative estimate of drug-likeness (QED) is 0.231. The van der Waals surface area contributed by atoms with Gasteiger partial charge in [0, 0.05) is 23.2 Å². The lowest BCUT2D eigenvalue weighted by Crippen LogP contribution is -2.46. The molecule has 1 aromatic carbocycles. The first-order valence-electron chi connectivity index (χ1n) is 8.89. The average Bonchev–Trinajstić information content (AvgIpc) is 2.59. The van der Waals surface area contributed by atoms with Crippen LogP contribution in [-0.2, 0) is 18.9 Å². The smallest absolute Gasteiger partial charge is 0.429 e. The predicted molar refractivity (Wildman–Crippen MR) is 109 cm³/mol. The Labute approximate surface area is 167 Å². The largest absolute Gasteiger partial charge is 0.509 e. The SMILES string of the molecule is C=C[C@H](OCOC)[C@@H](OC(=O)OC(C)(C)C)C(C)(C)CSc1ccccc1. The zero-order chi connectivity index (χ0) is 20.5. The monoisotopic (exact) mass is 396 g/mol. The van der Waals surface area contributed by atoms with Crippen LogP contribution in [0.5, 0.6) is 0 Å². The molecular weight excluding hydrogens is 364 g/mol. The van der Waals surface area contributed by atoms with E-state index < -0.39 is 29.4 Å². The highest BCUT2D eigenvalue weighted by Gasteiger charge is 2.39. The first-order valence-corrected chi connectivity index (χ1v) is 9.88. The number of hydrogen-bond donors (Lipinski definition) is 0. The Bertz CT molecular complexity index is 580. The third-order valence-electron chi connectivity index (χ3n) is 3.65. The predicted octanol–water partition coefficient (Wildman–Crippen LogP) is 5.30. The van der Waals surface area contributed by atoms with Gasteiger partial charge in [-0.2, -0.15) is 0 Å². The summed E-state index contributed by atoms with van der Waals surface area (Å²) >= 11 is 1.69. The Morgan fingerprint density at radius 1 is 1.19 bits per heavy atom. The van der Waals surface area contributed by atoms with Crippen molar-refractivity contribution in [2.45, 2.75) is 57.3 Å². The van der Waals surface area contributed by atoms with E-state index in [1.54, 1.807) is 45.7 Å². The minimum absolute atomic E-state index is 0.0762. The Hall–Kier alpha value is -1.50. The van der Waals surface area contributed by atoms with Crippen molar-refractivity contribution in [3.05, 3.63) is 43.0 Å². The lowest BCUT2D eigenvalue weighted by molar-refractivity contribution is -0.132. The molecule has 0 radical (unpaired) electrons. The first-order chi connectivity index (χ1) is 12.6. The molecule has 0 aliphatic heterocycles. The number of ether oxygens (including phenoxy) is 4. The standard InChI is InChI=1S/C21H32O5S/c1-8-17(24-15-23-7)18(25-19(22)26-20(2,3)4)21(5,6)14-27-16-12-10-9-11-13-16/h8-13,17-18H,1,14-15H2,2-7H3/t17-,18+/m0/s1. The topological polar surface area (TPSA) is 54.0 Å². The highest BCUT2D eigenvalue weighted by molar-refractivity contribution is 7.99. The molecule has 0 aliphatic rings. The van der Waals surface area contributed by atoms with Crippen molar-refractivity contribution >= 4 is 17.9 Å². The number of carbonyl (C=O) groups is 1. The van der Waals surface area contributed by atoms with Crippen molar-refractivity contribution < 1.29 is 23.7 Å². The van der Waals surface area contributed by atoms with Crippen molar-refractivity contribution in [2.24, 2.45) is 5.41 Å². The lowest BCUT2D eigenvalue weighted by atomic mass is 9.85. The molecule has 0 saturated heterocycles. The Morgan fingerprint density at radius 2 is 1.81 bits per heavy atom. The average molecular weight is 397 g/mol. The molecule has 0 spiro atoms. The van der Waals surface area contributed by atoms with Crippen LogP contribution in [-0.4, -0.2) is 43.6 Å². The van der Waals surface area contributed by atoms with Crippen LogP contribution in [0.3, 0.4) is 0 Å². The molecule has 5 nitrogen and oxygen atoms in total. The fraction of sp³-hybridized carbons (Fsp3) is 0.571. The van der Waals surface area contributed by atoms with Gasteiger partial charge in [0.25, 0.3) is 0 Å². The van der Waals surface area contributed by atoms with Gasteiger partial charge >= 0.3 is 6.16 Å². The molecule has 0 aromatic heterocycles. The van der Waals surface area contributed by atoms with Crippen LogP contribution < -0.4 is 0 Å². The Morgan fingerprint density at radius 3 is 2.33 bits per heavy atom. The molecule has 0 aliphatic carbocycles. The second-order valence-corrected chi connectivity index (χ2v) is 8.92. The van der Waals surface area contributed by atoms with Crippen LogP contribution in [0.4, 0.5) is 4.79 Å². The molecule has 0 heterocycles. The van der Waals surface area contributed by atoms with Gasteiger partial charge in [-0.3, -0.25) is 0 Å². The van der Waals surface area contributed by atoms with Crippen LogP contribution >= 0.6 is 11.8 Å². The molecular formula is C21H32O5S. The molecule has 0 fully saturated rings. The summed E-state index contributed by atoms with van der Waals surface area (Å²) < 4.78 is 21.7. The van der Waals surface area contributed by atoms with Gasteiger partial charge in [-0.05, 0) is 32.9 Å². The Kier molecular flexibility index (Phi) is 9.36. The summed E-state index contributed by atoms with van der Waals surface area (Å²) in [6.45, 7) is 13.4. The molecule has 1 aromatic rings. The van der Waals surface area contributed by atoms with E-state index >= 15 is 0 Å². The van der Waals surface area contributed by atoms with Gasteiger partial charge in [-0.1, -0.05) is 38.1 Å². The lowest BCUT2D eigenvalue weighted by Gasteiger charge is -2.37. The maximum atomic E-state index is 12.3. The molecule has 1 rings (SSSR count). The number of methoxy groups -OCH3 is 1. The van der Waals surface area contributed by atoms with E-state index in [4.69, 9.17) is 18.9 Å². The summed E-state index contributed by atoms with van der Waals surface area (Å²) in [5.41, 5.74) is -1.05. The fourth-order valence-electron chi connectivity index (χ4n) is 2.34. The van der Waals surface area contributed by atoms with Crippen LogP contribution in [0, 0.1) is 5.41 Å². The number of rotatable bonds is 10. The summed E-state index contributed by atoms with van der Waals surface area (Å²) in [6.07, 6.45) is -0.207. The number of hydrogen-bond acceptors (Lipinski definition) is 6. The summed E-state index contributed by atoms with van der Waals surface area (Å²) in [5, 5.41) is 0. The molecule has 6 heteroatoms. The second-order valence-electron chi connectivity index (χ2n) is 7.87. The van der Waals surface area contributed by atoms with E-state index in [-0.39, 0.29) is 6.79 Å². The van der Waals surface area contributed by atoms with Gasteiger partial charge in [0.05, 0.1) is 0 Å². The third-order valence-corrected chi connectivity index (χ3v) is 5.14. The van der Waals surface area contributed by atoms with Crippen molar-refractivity contribution in [3.8, 4) is 0 Å². The zero-order valence-electron chi connectivity index (χ0n) is 17.2. The molecule has 0 amide bonds. The maximum Gasteiger partial charge on any atom is 0.509 e. The van der Waals surface area contributed by atoms with Gasteiger partial charge < -0.3 is 18.9 Å². The van der Waals surface area contributed by atoms with Crippen LogP contribution in [0.25, 0.3) is 0 Å². The van der Waals surface area contributed by atoms with E-state index in [0.29, 0.717) is 5.75 Å². The maximum absolute atomic E-state index is 12.3. The highest BCUT2D eigenvalue weighted by atomic mass is 32.2. The van der Waals surface area contributed by atoms with Gasteiger partial charge in [0.2, 0.25) is 0 Å². The first kappa shape index (κ1) is 23.5. The molecule has 152 valence electrons. The fourth-order valence-corrected chi connectivity index (χ4v) is 3.40. The van der Waals surface area contributed by atoms with E-state index in [9.17, 15) is 4.79 Å². The van der Waals surface area contributed by atoms with E-state index in [0.717, 1.165) is 4.90 Å². The van der Waals surface area contributed by atoms with E-state index in [1.807, 2.05) is 32.0 Å². The molecule has 0 saturated carbocycles. The molecule has 0 unspecified atom stereocenters. The van der Waals surface area contributed by atoms with Crippen LogP contribution in [0.1, 0.15) is 34.6 Å². The summed E-state index contributed by atoms with van der Waals surface area (Å²) in [7, 11) is 1.54. The molecule has 27 heavy (non-hydrogen) atoms. The van der Waals surface area contributed by atoms with Crippen molar-refractivity contribution in [3.63, 3.8) is 0 Å². The van der Waals surface area contributed by atoms with Gasteiger partial charge in [0.15, 0.2) is 0 Å². The summed E-state index contributed by atoms with van der Waals surface area (Å²) in [5.74, 6) is 0.713. The van der Waals surface area contributed by atoms with Crippen LogP contribution in [0.15, 0.2) is 47.9 Å². The van der Waals surface area contributed by atoms with Crippen molar-refractivity contribution in [1.82, 2.24) is 0 Å². The molecule has 0 bridgehead atoms. The minimum atomic E-state index is -0.724. The zero-order valence-corrected chi connectivity index (χ0v) is 18.0. The molecule has 2 atom stereocenters. The van der Waals surface area contributed by atoms with Gasteiger partial charge in [-0.15, -0.1) is 18.3 Å². The van der Waals surface area contributed by atoms with Gasteiger partial charge in [-0.25, -0.2) is 4.79 Å². The minimum Gasteiger partial charge on any atom is -0.429 e. The van der Waals surface area contributed by atoms with Crippen molar-refractivity contribution in [1.29, 1.82) is 0 Å². The number of carbonyl (C=O) groups excluding carboxylic acids is 1. The second kappa shape index (κ2) is 10.7. The summed E-state index contributed by atoms with van der Waals surface area (Å²) in [4.78, 5) is 13.5. The number of benzene rings is 1. The van der Waals surface area contributed by atoms with Gasteiger partial charge in [0.1, 0.15) is 24.6 Å².